The largest absolute Gasteiger partial charge is 0.455 e. The van der Waals surface area contributed by atoms with Crippen LogP contribution < -0.4 is 11.3 Å². The number of nitrogens with zero attached hydrogens (tertiary/aromatic N) is 3. The van der Waals surface area contributed by atoms with Crippen LogP contribution in [0.2, 0.25) is 0 Å². The van der Waals surface area contributed by atoms with Crippen LogP contribution in [0.1, 0.15) is 21.9 Å². The minimum absolute atomic E-state index is 0.242. The Balaban J connectivity index is 2.07. The minimum atomic E-state index is -0.428. The number of amides is 1. The lowest BCUT2D eigenvalue weighted by molar-refractivity contribution is 0.0923. The van der Waals surface area contributed by atoms with Crippen molar-refractivity contribution < 1.29 is 9.21 Å². The number of carbonyl (C=O) groups excluding carboxylic acids is 1. The minimum Gasteiger partial charge on any atom is -0.455 e. The highest BCUT2D eigenvalue weighted by Crippen LogP contribution is 2.23. The Morgan fingerprint density at radius 3 is 3.06 bits per heavy atom. The first-order valence-corrected chi connectivity index (χ1v) is 6.17. The molecule has 0 aliphatic heterocycles. The number of nitrogen functional groups attached to an aromatic ring is 1. The van der Waals surface area contributed by atoms with Gasteiger partial charge in [-0.1, -0.05) is 11.8 Å². The van der Waals surface area contributed by atoms with Crippen molar-refractivity contribution >= 4 is 17.7 Å². The molecule has 2 aromatic rings. The molecular weight excluding hydrogens is 254 g/mol. The molecule has 0 atom stereocenters. The number of aryl methyl sites for hydroxylation is 2. The Kier molecular flexibility index (Phi) is 3.68. The lowest BCUT2D eigenvalue weighted by atomic mass is 10.2. The summed E-state index contributed by atoms with van der Waals surface area (Å²) in [4.78, 5) is 15.5. The molecule has 0 aromatic carbocycles. The van der Waals surface area contributed by atoms with Gasteiger partial charge in [-0.15, -0.1) is 0 Å². The predicted octanol–water partition coefficient (Wildman–Crippen LogP) is 0.612. The monoisotopic (exact) mass is 267 g/mol. The summed E-state index contributed by atoms with van der Waals surface area (Å²) in [6.45, 7) is 1.80. The van der Waals surface area contributed by atoms with Crippen molar-refractivity contribution in [3.63, 3.8) is 0 Å². The van der Waals surface area contributed by atoms with Crippen LogP contribution in [-0.4, -0.2) is 20.7 Å². The molecule has 0 fully saturated rings. The predicted molar refractivity (Wildman–Crippen MR) is 65.7 cm³/mol. The number of hydrogen-bond donors (Lipinski definition) is 2. The van der Waals surface area contributed by atoms with Crippen LogP contribution in [0.4, 0.5) is 0 Å². The number of hydrazine groups is 1. The zero-order valence-corrected chi connectivity index (χ0v) is 10.8. The van der Waals surface area contributed by atoms with E-state index in [4.69, 9.17) is 10.3 Å². The van der Waals surface area contributed by atoms with E-state index in [2.05, 4.69) is 10.1 Å². The molecule has 0 aliphatic carbocycles. The van der Waals surface area contributed by atoms with Crippen molar-refractivity contribution in [2.24, 2.45) is 12.9 Å². The van der Waals surface area contributed by atoms with E-state index in [1.807, 2.05) is 18.5 Å². The van der Waals surface area contributed by atoms with Gasteiger partial charge >= 0.3 is 5.91 Å². The first kappa shape index (κ1) is 12.7. The number of carbonyl (C=O) groups is 1. The van der Waals surface area contributed by atoms with Crippen molar-refractivity contribution in [3.05, 3.63) is 29.5 Å². The van der Waals surface area contributed by atoms with Gasteiger partial charge in [0, 0.05) is 12.6 Å². The van der Waals surface area contributed by atoms with Crippen molar-refractivity contribution in [2.75, 3.05) is 0 Å². The van der Waals surface area contributed by atoms with Gasteiger partial charge in [-0.05, 0) is 13.0 Å². The Morgan fingerprint density at radius 2 is 2.44 bits per heavy atom. The summed E-state index contributed by atoms with van der Waals surface area (Å²) in [5.41, 5.74) is 2.80. The summed E-state index contributed by atoms with van der Waals surface area (Å²) in [5.74, 6) is 6.15. The second kappa shape index (κ2) is 5.23. The molecule has 2 rings (SSSR count). The number of nitrogens with two attached hydrogens (primary N) is 1. The maximum absolute atomic E-state index is 11.4. The third-order valence-electron chi connectivity index (χ3n) is 2.32. The quantitative estimate of drug-likeness (QED) is 0.364. The van der Waals surface area contributed by atoms with E-state index < -0.39 is 5.91 Å². The van der Waals surface area contributed by atoms with Crippen molar-refractivity contribution in [1.82, 2.24) is 20.2 Å². The molecule has 0 bridgehead atoms. The van der Waals surface area contributed by atoms with E-state index in [-0.39, 0.29) is 5.76 Å². The van der Waals surface area contributed by atoms with E-state index in [1.54, 1.807) is 11.6 Å². The second-order valence-corrected chi connectivity index (χ2v) is 4.60. The van der Waals surface area contributed by atoms with Gasteiger partial charge in [-0.3, -0.25) is 10.2 Å². The maximum Gasteiger partial charge on any atom is 0.301 e. The smallest absolute Gasteiger partial charge is 0.301 e. The Labute approximate surface area is 108 Å². The standard InChI is InChI=1S/C10H13N5O2S/c1-6-3-7(17-8(6)9(16)14-11)4-18-10-12-5-13-15(10)2/h3,5H,4,11H2,1-2H3,(H,14,16). The summed E-state index contributed by atoms with van der Waals surface area (Å²) in [7, 11) is 1.82. The van der Waals surface area contributed by atoms with Gasteiger partial charge in [-0.25, -0.2) is 15.5 Å². The number of nitrogens with one attached hydrogen (secondary N) is 1. The highest BCUT2D eigenvalue weighted by Gasteiger charge is 2.15. The van der Waals surface area contributed by atoms with Crippen LogP contribution in [0, 0.1) is 6.92 Å². The van der Waals surface area contributed by atoms with E-state index >= 15 is 0 Å². The molecule has 1 amide bonds. The topological polar surface area (TPSA) is 99.0 Å². The molecule has 2 aromatic heterocycles. The summed E-state index contributed by atoms with van der Waals surface area (Å²) >= 11 is 1.48. The zero-order chi connectivity index (χ0) is 13.1. The maximum atomic E-state index is 11.4. The number of rotatable bonds is 4. The molecule has 0 spiro atoms. The normalized spacial score (nSPS) is 10.6. The molecule has 3 N–H and O–H groups in total. The van der Waals surface area contributed by atoms with Crippen LogP contribution in [0.5, 0.6) is 0 Å². The Morgan fingerprint density at radius 1 is 1.67 bits per heavy atom. The highest BCUT2D eigenvalue weighted by molar-refractivity contribution is 7.98. The van der Waals surface area contributed by atoms with E-state index in [9.17, 15) is 4.79 Å². The SMILES string of the molecule is Cc1cc(CSc2ncnn2C)oc1C(=O)NN. The molecule has 0 saturated heterocycles. The fourth-order valence-corrected chi connectivity index (χ4v) is 2.23. The van der Waals surface area contributed by atoms with Gasteiger partial charge in [-0.2, -0.15) is 5.10 Å². The van der Waals surface area contributed by atoms with Gasteiger partial charge in [0.2, 0.25) is 0 Å². The number of furan rings is 1. The molecule has 0 saturated carbocycles. The van der Waals surface area contributed by atoms with Crippen molar-refractivity contribution in [1.29, 1.82) is 0 Å². The Bertz CT molecular complexity index is 562. The molecule has 96 valence electrons. The first-order valence-electron chi connectivity index (χ1n) is 5.19. The lowest BCUT2D eigenvalue weighted by Gasteiger charge is -1.98. The molecule has 18 heavy (non-hydrogen) atoms. The van der Waals surface area contributed by atoms with Crippen LogP contribution in [-0.2, 0) is 12.8 Å². The first-order chi connectivity index (χ1) is 8.61. The number of thioether (sulfide) groups is 1. The van der Waals surface area contributed by atoms with Gasteiger partial charge in [0.25, 0.3) is 0 Å². The molecule has 8 heteroatoms. The summed E-state index contributed by atoms with van der Waals surface area (Å²) in [5, 5.41) is 4.75. The van der Waals surface area contributed by atoms with Gasteiger partial charge < -0.3 is 4.42 Å². The Hall–Kier alpha value is -1.80. The lowest BCUT2D eigenvalue weighted by Crippen LogP contribution is -2.30. The molecule has 7 nitrogen and oxygen atoms in total. The summed E-state index contributed by atoms with van der Waals surface area (Å²) in [6, 6.07) is 1.81. The highest BCUT2D eigenvalue weighted by atomic mass is 32.2. The zero-order valence-electron chi connectivity index (χ0n) is 10.0. The van der Waals surface area contributed by atoms with E-state index in [0.717, 1.165) is 10.7 Å². The van der Waals surface area contributed by atoms with Crippen molar-refractivity contribution in [3.8, 4) is 0 Å². The number of hydrogen-bond acceptors (Lipinski definition) is 6. The number of aromatic nitrogens is 3. The average molecular weight is 267 g/mol. The molecule has 0 unspecified atom stereocenters. The second-order valence-electron chi connectivity index (χ2n) is 3.65. The van der Waals surface area contributed by atoms with Gasteiger partial charge in [0.05, 0.1) is 5.75 Å². The summed E-state index contributed by atoms with van der Waals surface area (Å²) < 4.78 is 7.11. The molecular formula is C10H13N5O2S. The van der Waals surface area contributed by atoms with Crippen LogP contribution in [0.25, 0.3) is 0 Å². The average Bonchev–Trinajstić information content (AvgIpc) is 2.92. The van der Waals surface area contributed by atoms with Gasteiger partial charge in [0.15, 0.2) is 10.9 Å². The molecule has 0 aliphatic rings. The summed E-state index contributed by atoms with van der Waals surface area (Å²) in [6.07, 6.45) is 1.49. The molecule has 0 radical (unpaired) electrons. The fraction of sp³-hybridized carbons (Fsp3) is 0.300. The van der Waals surface area contributed by atoms with E-state index in [1.165, 1.54) is 18.1 Å². The fourth-order valence-electron chi connectivity index (χ4n) is 1.46. The van der Waals surface area contributed by atoms with Crippen LogP contribution in [0.3, 0.4) is 0 Å². The van der Waals surface area contributed by atoms with Gasteiger partial charge in [0.1, 0.15) is 12.1 Å². The van der Waals surface area contributed by atoms with Crippen molar-refractivity contribution in [2.45, 2.75) is 17.8 Å². The van der Waals surface area contributed by atoms with Crippen LogP contribution >= 0.6 is 11.8 Å². The molecule has 2 heterocycles. The van der Waals surface area contributed by atoms with Crippen LogP contribution in [0.15, 0.2) is 22.0 Å². The third-order valence-corrected chi connectivity index (χ3v) is 3.38. The third kappa shape index (κ3) is 2.54. The van der Waals surface area contributed by atoms with E-state index in [0.29, 0.717) is 11.5 Å².